The summed E-state index contributed by atoms with van der Waals surface area (Å²) in [6, 6.07) is 12.0. The van der Waals surface area contributed by atoms with Crippen molar-refractivity contribution in [2.24, 2.45) is 0 Å². The van der Waals surface area contributed by atoms with Gasteiger partial charge in [0, 0.05) is 29.1 Å². The third-order valence-electron chi connectivity index (χ3n) is 3.98. The van der Waals surface area contributed by atoms with E-state index < -0.39 is 10.0 Å². The molecule has 0 amide bonds. The molecule has 25 heavy (non-hydrogen) atoms. The first-order chi connectivity index (χ1) is 11.9. The Labute approximate surface area is 152 Å². The molecule has 0 bridgehead atoms. The van der Waals surface area contributed by atoms with Crippen LogP contribution in [0, 0.1) is 6.92 Å². The SMILES string of the molecule is Cc1ccc(S(=O)(=O)NC(C)c2ccc(-n3ccnc3)cc2)cc1Cl. The second-order valence-electron chi connectivity index (χ2n) is 5.82. The van der Waals surface area contributed by atoms with Gasteiger partial charge >= 0.3 is 0 Å². The molecule has 1 unspecified atom stereocenters. The summed E-state index contributed by atoms with van der Waals surface area (Å²) in [4.78, 5) is 4.17. The van der Waals surface area contributed by atoms with Crippen LogP contribution in [-0.2, 0) is 10.0 Å². The predicted molar refractivity (Wildman–Crippen MR) is 98.5 cm³/mol. The van der Waals surface area contributed by atoms with E-state index in [-0.39, 0.29) is 10.9 Å². The van der Waals surface area contributed by atoms with Gasteiger partial charge in [-0.25, -0.2) is 18.1 Å². The molecular weight excluding hydrogens is 358 g/mol. The lowest BCUT2D eigenvalue weighted by molar-refractivity contribution is 0.567. The number of sulfonamides is 1. The van der Waals surface area contributed by atoms with Crippen LogP contribution in [0.5, 0.6) is 0 Å². The van der Waals surface area contributed by atoms with Crippen molar-refractivity contribution < 1.29 is 8.42 Å². The van der Waals surface area contributed by atoms with Gasteiger partial charge in [0.15, 0.2) is 0 Å². The van der Waals surface area contributed by atoms with Crippen molar-refractivity contribution >= 4 is 21.6 Å². The molecule has 1 aromatic heterocycles. The number of aromatic nitrogens is 2. The Morgan fingerprint density at radius 2 is 1.88 bits per heavy atom. The van der Waals surface area contributed by atoms with Gasteiger partial charge in [0.1, 0.15) is 0 Å². The van der Waals surface area contributed by atoms with Gasteiger partial charge in [-0.1, -0.05) is 29.8 Å². The van der Waals surface area contributed by atoms with Crippen molar-refractivity contribution in [3.63, 3.8) is 0 Å². The highest BCUT2D eigenvalue weighted by Gasteiger charge is 2.19. The van der Waals surface area contributed by atoms with Crippen molar-refractivity contribution in [1.29, 1.82) is 0 Å². The lowest BCUT2D eigenvalue weighted by atomic mass is 10.1. The van der Waals surface area contributed by atoms with E-state index in [4.69, 9.17) is 11.6 Å². The molecule has 3 aromatic rings. The van der Waals surface area contributed by atoms with E-state index in [0.29, 0.717) is 5.02 Å². The fourth-order valence-electron chi connectivity index (χ4n) is 2.46. The Hall–Kier alpha value is -2.15. The summed E-state index contributed by atoms with van der Waals surface area (Å²) in [6.07, 6.45) is 5.27. The molecule has 0 aliphatic carbocycles. The van der Waals surface area contributed by atoms with Crippen LogP contribution in [-0.4, -0.2) is 18.0 Å². The quantitative estimate of drug-likeness (QED) is 0.736. The largest absolute Gasteiger partial charge is 0.306 e. The van der Waals surface area contributed by atoms with Crippen LogP contribution in [0.4, 0.5) is 0 Å². The first-order valence-corrected chi connectivity index (χ1v) is 9.60. The Kier molecular flexibility index (Phi) is 4.94. The smallest absolute Gasteiger partial charge is 0.241 e. The summed E-state index contributed by atoms with van der Waals surface area (Å²) in [6.45, 7) is 3.64. The highest BCUT2D eigenvalue weighted by Crippen LogP contribution is 2.22. The molecule has 0 fully saturated rings. The normalized spacial score (nSPS) is 12.9. The maximum atomic E-state index is 12.6. The highest BCUT2D eigenvalue weighted by atomic mass is 35.5. The Morgan fingerprint density at radius 3 is 2.48 bits per heavy atom. The molecule has 2 aromatic carbocycles. The molecule has 5 nitrogen and oxygen atoms in total. The van der Waals surface area contributed by atoms with Crippen LogP contribution in [0.15, 0.2) is 66.1 Å². The Balaban J connectivity index is 1.78. The number of hydrogen-bond acceptors (Lipinski definition) is 3. The minimum absolute atomic E-state index is 0.157. The average molecular weight is 376 g/mol. The van der Waals surface area contributed by atoms with Crippen LogP contribution in [0.3, 0.4) is 0 Å². The van der Waals surface area contributed by atoms with E-state index in [1.165, 1.54) is 6.07 Å². The molecule has 3 rings (SSSR count). The van der Waals surface area contributed by atoms with Gasteiger partial charge in [0.05, 0.1) is 11.2 Å². The third kappa shape index (κ3) is 3.92. The number of nitrogens with zero attached hydrogens (tertiary/aromatic N) is 2. The van der Waals surface area contributed by atoms with Gasteiger partial charge < -0.3 is 4.57 Å². The molecule has 1 atom stereocenters. The van der Waals surface area contributed by atoms with Crippen LogP contribution < -0.4 is 4.72 Å². The maximum Gasteiger partial charge on any atom is 0.241 e. The molecule has 0 radical (unpaired) electrons. The third-order valence-corrected chi connectivity index (χ3v) is 5.93. The first-order valence-electron chi connectivity index (χ1n) is 7.73. The van der Waals surface area contributed by atoms with Crippen molar-refractivity contribution in [3.8, 4) is 5.69 Å². The van der Waals surface area contributed by atoms with Gasteiger partial charge in [0.2, 0.25) is 10.0 Å². The molecule has 130 valence electrons. The number of imidazole rings is 1. The van der Waals surface area contributed by atoms with Crippen LogP contribution in [0.2, 0.25) is 5.02 Å². The average Bonchev–Trinajstić information content (AvgIpc) is 3.11. The highest BCUT2D eigenvalue weighted by molar-refractivity contribution is 7.89. The van der Waals surface area contributed by atoms with Gasteiger partial charge in [-0.15, -0.1) is 0 Å². The number of nitrogens with one attached hydrogen (secondary N) is 1. The summed E-state index contributed by atoms with van der Waals surface area (Å²) < 4.78 is 29.7. The molecule has 1 heterocycles. The second-order valence-corrected chi connectivity index (χ2v) is 7.94. The summed E-state index contributed by atoms with van der Waals surface area (Å²) in [5.74, 6) is 0. The van der Waals surface area contributed by atoms with Gasteiger partial charge in [-0.05, 0) is 49.2 Å². The molecule has 7 heteroatoms. The monoisotopic (exact) mass is 375 g/mol. The van der Waals surface area contributed by atoms with E-state index in [0.717, 1.165) is 16.8 Å². The second kappa shape index (κ2) is 7.00. The molecule has 0 aliphatic rings. The van der Waals surface area contributed by atoms with Crippen LogP contribution in [0.25, 0.3) is 5.69 Å². The lowest BCUT2D eigenvalue weighted by Gasteiger charge is -2.16. The lowest BCUT2D eigenvalue weighted by Crippen LogP contribution is -2.26. The molecular formula is C18H18ClN3O2S. The summed E-state index contributed by atoms with van der Waals surface area (Å²) >= 11 is 6.04. The van der Waals surface area contributed by atoms with Gasteiger partial charge in [-0.3, -0.25) is 0 Å². The van der Waals surface area contributed by atoms with E-state index >= 15 is 0 Å². The number of halogens is 1. The van der Waals surface area contributed by atoms with Crippen LogP contribution >= 0.6 is 11.6 Å². The molecule has 1 N–H and O–H groups in total. The summed E-state index contributed by atoms with van der Waals surface area (Å²) in [5.41, 5.74) is 2.66. The standard InChI is InChI=1S/C18H18ClN3O2S/c1-13-3-8-17(11-18(13)19)25(23,24)21-14(2)15-4-6-16(7-5-15)22-10-9-20-12-22/h3-12,14,21H,1-2H3. The van der Waals surface area contributed by atoms with Gasteiger partial charge in [0.25, 0.3) is 0 Å². The van der Waals surface area contributed by atoms with Crippen molar-refractivity contribution in [1.82, 2.24) is 14.3 Å². The minimum atomic E-state index is -3.65. The predicted octanol–water partition coefficient (Wildman–Crippen LogP) is 3.87. The van der Waals surface area contributed by atoms with Gasteiger partial charge in [-0.2, -0.15) is 0 Å². The first kappa shape index (κ1) is 17.7. The van der Waals surface area contributed by atoms with E-state index in [2.05, 4.69) is 9.71 Å². The molecule has 0 saturated heterocycles. The number of hydrogen-bond donors (Lipinski definition) is 1. The zero-order chi connectivity index (χ0) is 18.0. The Bertz CT molecular complexity index is 968. The Morgan fingerprint density at radius 1 is 1.16 bits per heavy atom. The van der Waals surface area contributed by atoms with E-state index in [1.807, 2.05) is 42.0 Å². The number of rotatable bonds is 5. The molecule has 0 spiro atoms. The van der Waals surface area contributed by atoms with E-state index in [1.54, 1.807) is 31.6 Å². The fraction of sp³-hybridized carbons (Fsp3) is 0.167. The topological polar surface area (TPSA) is 64.0 Å². The zero-order valence-electron chi connectivity index (χ0n) is 13.8. The fourth-order valence-corrected chi connectivity index (χ4v) is 3.96. The summed E-state index contributed by atoms with van der Waals surface area (Å²) in [5, 5.41) is 0.431. The van der Waals surface area contributed by atoms with Crippen molar-refractivity contribution in [2.75, 3.05) is 0 Å². The van der Waals surface area contributed by atoms with Crippen LogP contribution in [0.1, 0.15) is 24.1 Å². The zero-order valence-corrected chi connectivity index (χ0v) is 15.4. The van der Waals surface area contributed by atoms with E-state index in [9.17, 15) is 8.42 Å². The van der Waals surface area contributed by atoms with Crippen molar-refractivity contribution in [2.45, 2.75) is 24.8 Å². The number of aryl methyl sites for hydroxylation is 1. The van der Waals surface area contributed by atoms with Crippen molar-refractivity contribution in [3.05, 3.63) is 77.3 Å². The maximum absolute atomic E-state index is 12.6. The summed E-state index contributed by atoms with van der Waals surface area (Å²) in [7, 11) is -3.65. The minimum Gasteiger partial charge on any atom is -0.306 e. The number of benzene rings is 2. The molecule has 0 aliphatic heterocycles. The molecule has 0 saturated carbocycles.